The zero-order valence-corrected chi connectivity index (χ0v) is 21.7. The molecule has 0 aliphatic rings. The second-order valence-corrected chi connectivity index (χ2v) is 10.6. The van der Waals surface area contributed by atoms with E-state index >= 15 is 0 Å². The Labute approximate surface area is 205 Å². The Kier molecular flexibility index (Phi) is 10.4. The van der Waals surface area contributed by atoms with Gasteiger partial charge < -0.3 is 10.2 Å². The molecule has 0 unspecified atom stereocenters. The molecule has 0 aliphatic carbocycles. The van der Waals surface area contributed by atoms with E-state index in [9.17, 15) is 18.0 Å². The van der Waals surface area contributed by atoms with Gasteiger partial charge in [-0.3, -0.25) is 13.9 Å². The van der Waals surface area contributed by atoms with Gasteiger partial charge in [-0.15, -0.1) is 0 Å². The average Bonchev–Trinajstić information content (AvgIpc) is 2.78. The standard InChI is InChI=1S/C24H32BrN3O4S/c1-4-15-26-24(30)22(5-2)27(16-14-19-10-7-6-8-11-19)23(29)18-28(33(3,31)32)21-13-9-12-20(25)17-21/h6-13,17,22H,4-5,14-16,18H2,1-3H3,(H,26,30)/t22-/m0/s1. The lowest BCUT2D eigenvalue weighted by molar-refractivity contribution is -0.139. The minimum Gasteiger partial charge on any atom is -0.354 e. The highest BCUT2D eigenvalue weighted by atomic mass is 79.9. The molecule has 180 valence electrons. The Morgan fingerprint density at radius 3 is 2.33 bits per heavy atom. The molecule has 2 aromatic rings. The minimum absolute atomic E-state index is 0.228. The van der Waals surface area contributed by atoms with Crippen LogP contribution in [0.2, 0.25) is 0 Å². The first-order valence-electron chi connectivity index (χ1n) is 11.0. The molecule has 2 amide bonds. The van der Waals surface area contributed by atoms with Crippen LogP contribution in [0.1, 0.15) is 32.3 Å². The third-order valence-electron chi connectivity index (χ3n) is 5.19. The molecule has 0 bridgehead atoms. The second-order valence-electron chi connectivity index (χ2n) is 7.79. The number of anilines is 1. The van der Waals surface area contributed by atoms with E-state index in [1.807, 2.05) is 44.2 Å². The molecule has 9 heteroatoms. The summed E-state index contributed by atoms with van der Waals surface area (Å²) in [4.78, 5) is 27.8. The summed E-state index contributed by atoms with van der Waals surface area (Å²) in [6.07, 6.45) is 2.83. The number of rotatable bonds is 12. The van der Waals surface area contributed by atoms with Crippen LogP contribution in [0.4, 0.5) is 5.69 Å². The van der Waals surface area contributed by atoms with E-state index in [1.165, 1.54) is 4.90 Å². The van der Waals surface area contributed by atoms with Gasteiger partial charge in [-0.1, -0.05) is 66.2 Å². The Bertz CT molecular complexity index is 1030. The first-order valence-corrected chi connectivity index (χ1v) is 13.7. The van der Waals surface area contributed by atoms with Gasteiger partial charge in [-0.05, 0) is 43.0 Å². The van der Waals surface area contributed by atoms with E-state index < -0.39 is 22.0 Å². The van der Waals surface area contributed by atoms with Crippen LogP contribution in [0.25, 0.3) is 0 Å². The summed E-state index contributed by atoms with van der Waals surface area (Å²) in [6, 6.07) is 15.8. The Morgan fingerprint density at radius 2 is 1.76 bits per heavy atom. The van der Waals surface area contributed by atoms with E-state index in [0.717, 1.165) is 22.5 Å². The molecular weight excluding hydrogens is 506 g/mol. The summed E-state index contributed by atoms with van der Waals surface area (Å²) in [7, 11) is -3.73. The van der Waals surface area contributed by atoms with Crippen LogP contribution < -0.4 is 9.62 Å². The van der Waals surface area contributed by atoms with Crippen molar-refractivity contribution in [2.75, 3.05) is 30.2 Å². The fourth-order valence-electron chi connectivity index (χ4n) is 3.51. The highest BCUT2D eigenvalue weighted by Gasteiger charge is 2.31. The monoisotopic (exact) mass is 537 g/mol. The number of carbonyl (C=O) groups excluding carboxylic acids is 2. The number of nitrogens with one attached hydrogen (secondary N) is 1. The molecule has 0 heterocycles. The summed E-state index contributed by atoms with van der Waals surface area (Å²) in [5, 5.41) is 2.87. The first kappa shape index (κ1) is 26.9. The highest BCUT2D eigenvalue weighted by molar-refractivity contribution is 9.10. The predicted octanol–water partition coefficient (Wildman–Crippen LogP) is 3.59. The molecule has 0 aromatic heterocycles. The van der Waals surface area contributed by atoms with Crippen LogP contribution in [-0.4, -0.2) is 57.1 Å². The highest BCUT2D eigenvalue weighted by Crippen LogP contribution is 2.22. The van der Waals surface area contributed by atoms with Crippen molar-refractivity contribution >= 4 is 43.5 Å². The topological polar surface area (TPSA) is 86.8 Å². The molecular formula is C24H32BrN3O4S. The van der Waals surface area contributed by atoms with Gasteiger partial charge in [-0.25, -0.2) is 8.42 Å². The van der Waals surface area contributed by atoms with Gasteiger partial charge in [0.1, 0.15) is 12.6 Å². The molecule has 0 saturated heterocycles. The van der Waals surface area contributed by atoms with Crippen LogP contribution >= 0.6 is 15.9 Å². The predicted molar refractivity (Wildman–Crippen MR) is 136 cm³/mol. The Hall–Kier alpha value is -2.39. The van der Waals surface area contributed by atoms with E-state index in [0.29, 0.717) is 36.1 Å². The van der Waals surface area contributed by atoms with E-state index in [-0.39, 0.29) is 12.5 Å². The van der Waals surface area contributed by atoms with Gasteiger partial charge in [0, 0.05) is 17.6 Å². The third kappa shape index (κ3) is 8.16. The number of carbonyl (C=O) groups is 2. The van der Waals surface area contributed by atoms with Crippen LogP contribution in [0.3, 0.4) is 0 Å². The minimum atomic E-state index is -3.73. The molecule has 0 saturated carbocycles. The van der Waals surface area contributed by atoms with E-state index in [4.69, 9.17) is 0 Å². The van der Waals surface area contributed by atoms with Crippen molar-refractivity contribution in [2.45, 2.75) is 39.2 Å². The summed E-state index contributed by atoms with van der Waals surface area (Å²) >= 11 is 3.35. The van der Waals surface area contributed by atoms with Gasteiger partial charge in [-0.2, -0.15) is 0 Å². The number of sulfonamides is 1. The van der Waals surface area contributed by atoms with Gasteiger partial charge >= 0.3 is 0 Å². The molecule has 2 aromatic carbocycles. The maximum atomic E-state index is 13.5. The van der Waals surface area contributed by atoms with E-state index in [1.54, 1.807) is 24.3 Å². The fourth-order valence-corrected chi connectivity index (χ4v) is 4.74. The lowest BCUT2D eigenvalue weighted by Gasteiger charge is -2.32. The Balaban J connectivity index is 2.33. The maximum Gasteiger partial charge on any atom is 0.244 e. The molecule has 2 rings (SSSR count). The number of nitrogens with zero attached hydrogens (tertiary/aromatic N) is 2. The van der Waals surface area contributed by atoms with Crippen molar-refractivity contribution in [2.24, 2.45) is 0 Å². The lowest BCUT2D eigenvalue weighted by Crippen LogP contribution is -2.53. The van der Waals surface area contributed by atoms with Crippen molar-refractivity contribution < 1.29 is 18.0 Å². The fraction of sp³-hybridized carbons (Fsp3) is 0.417. The average molecular weight is 539 g/mol. The summed E-state index contributed by atoms with van der Waals surface area (Å²) in [5.74, 6) is -0.649. The molecule has 0 radical (unpaired) electrons. The molecule has 7 nitrogen and oxygen atoms in total. The SMILES string of the molecule is CCCNC(=O)[C@H](CC)N(CCc1ccccc1)C(=O)CN(c1cccc(Br)c1)S(C)(=O)=O. The number of benzene rings is 2. The normalized spacial score (nSPS) is 12.1. The number of amides is 2. The largest absolute Gasteiger partial charge is 0.354 e. The first-order chi connectivity index (χ1) is 15.7. The van der Waals surface area contributed by atoms with Gasteiger partial charge in [0.2, 0.25) is 21.8 Å². The number of halogens is 1. The van der Waals surface area contributed by atoms with Crippen molar-refractivity contribution in [3.05, 3.63) is 64.6 Å². The van der Waals surface area contributed by atoms with Crippen molar-refractivity contribution in [3.63, 3.8) is 0 Å². The van der Waals surface area contributed by atoms with Crippen molar-refractivity contribution in [1.29, 1.82) is 0 Å². The number of hydrogen-bond acceptors (Lipinski definition) is 4. The van der Waals surface area contributed by atoms with Gasteiger partial charge in [0.05, 0.1) is 11.9 Å². The van der Waals surface area contributed by atoms with Crippen LogP contribution in [0, 0.1) is 0 Å². The zero-order chi connectivity index (χ0) is 24.4. The maximum absolute atomic E-state index is 13.5. The molecule has 33 heavy (non-hydrogen) atoms. The quantitative estimate of drug-likeness (QED) is 0.448. The third-order valence-corrected chi connectivity index (χ3v) is 6.83. The molecule has 0 aliphatic heterocycles. The zero-order valence-electron chi connectivity index (χ0n) is 19.3. The van der Waals surface area contributed by atoms with Crippen molar-refractivity contribution in [1.82, 2.24) is 10.2 Å². The lowest BCUT2D eigenvalue weighted by atomic mass is 10.1. The van der Waals surface area contributed by atoms with Gasteiger partial charge in [0.15, 0.2) is 0 Å². The molecule has 0 fully saturated rings. The summed E-state index contributed by atoms with van der Waals surface area (Å²) in [6.45, 7) is 4.24. The molecule has 1 atom stereocenters. The van der Waals surface area contributed by atoms with Crippen LogP contribution in [0.5, 0.6) is 0 Å². The van der Waals surface area contributed by atoms with Crippen LogP contribution in [0.15, 0.2) is 59.1 Å². The van der Waals surface area contributed by atoms with Crippen molar-refractivity contribution in [3.8, 4) is 0 Å². The molecule has 1 N–H and O–H groups in total. The summed E-state index contributed by atoms with van der Waals surface area (Å²) < 4.78 is 26.9. The smallest absolute Gasteiger partial charge is 0.244 e. The van der Waals surface area contributed by atoms with E-state index in [2.05, 4.69) is 21.2 Å². The second kappa shape index (κ2) is 12.7. The molecule has 0 spiro atoms. The summed E-state index contributed by atoms with van der Waals surface area (Å²) in [5.41, 5.74) is 1.41. The number of hydrogen-bond donors (Lipinski definition) is 1. The Morgan fingerprint density at radius 1 is 1.06 bits per heavy atom. The van der Waals surface area contributed by atoms with Crippen LogP contribution in [-0.2, 0) is 26.0 Å². The van der Waals surface area contributed by atoms with Gasteiger partial charge in [0.25, 0.3) is 0 Å².